The third kappa shape index (κ3) is 7.27. The van der Waals surface area contributed by atoms with Crippen molar-refractivity contribution < 1.29 is 13.2 Å². The van der Waals surface area contributed by atoms with E-state index < -0.39 is 14.5 Å². The van der Waals surface area contributed by atoms with E-state index in [1.165, 1.54) is 25.7 Å². The molecule has 0 aromatic carbocycles. The number of hydrogen-bond acceptors (Lipinski definition) is 3. The maximum absolute atomic E-state index is 11.1. The fraction of sp³-hybridized carbons (Fsp3) is 1.00. The normalized spacial score (nSPS) is 20.2. The van der Waals surface area contributed by atoms with Crippen LogP contribution in [0.4, 0.5) is 0 Å². The summed E-state index contributed by atoms with van der Waals surface area (Å²) in [7, 11) is 1.83. The van der Waals surface area contributed by atoms with Crippen LogP contribution in [0.1, 0.15) is 52.4 Å². The maximum Gasteiger partial charge on any atom is 0.233 e. The van der Waals surface area contributed by atoms with Gasteiger partial charge in [0.2, 0.25) is 9.05 Å². The van der Waals surface area contributed by atoms with Crippen LogP contribution in [-0.2, 0) is 13.8 Å². The Bertz CT molecular complexity index is 317. The predicted octanol–water partition coefficient (Wildman–Crippen LogP) is 3.32. The zero-order chi connectivity index (χ0) is 12.9. The zero-order valence-electron chi connectivity index (χ0n) is 10.7. The molecule has 0 amide bonds. The Hall–Kier alpha value is 0.200. The fourth-order valence-electron chi connectivity index (χ4n) is 2.26. The molecule has 1 aliphatic carbocycles. The molecule has 5 heteroatoms. The van der Waals surface area contributed by atoms with Gasteiger partial charge < -0.3 is 4.74 Å². The molecule has 17 heavy (non-hydrogen) atoms. The van der Waals surface area contributed by atoms with Gasteiger partial charge in [-0.3, -0.25) is 0 Å². The Labute approximate surface area is 109 Å². The van der Waals surface area contributed by atoms with Crippen molar-refractivity contribution in [2.45, 2.75) is 58.5 Å². The second kappa shape index (κ2) is 6.39. The molecule has 0 bridgehead atoms. The zero-order valence-corrected chi connectivity index (χ0v) is 12.3. The lowest BCUT2D eigenvalue weighted by molar-refractivity contribution is 0.00241. The topological polar surface area (TPSA) is 43.4 Å². The first-order valence-corrected chi connectivity index (χ1v) is 8.80. The highest BCUT2D eigenvalue weighted by Crippen LogP contribution is 2.25. The summed E-state index contributed by atoms with van der Waals surface area (Å²) in [5, 5.41) is 0. The molecule has 1 saturated carbocycles. The smallest absolute Gasteiger partial charge is 0.233 e. The molecule has 102 valence electrons. The minimum atomic E-state index is -3.45. The van der Waals surface area contributed by atoms with E-state index in [9.17, 15) is 8.42 Å². The fourth-order valence-corrected chi connectivity index (χ4v) is 4.16. The van der Waals surface area contributed by atoms with Gasteiger partial charge in [-0.1, -0.05) is 39.5 Å². The lowest BCUT2D eigenvalue weighted by Gasteiger charge is -2.26. The van der Waals surface area contributed by atoms with Gasteiger partial charge in [0, 0.05) is 16.1 Å². The second-order valence-electron chi connectivity index (χ2n) is 5.77. The average Bonchev–Trinajstić information content (AvgIpc) is 2.38. The van der Waals surface area contributed by atoms with Crippen LogP contribution in [0.5, 0.6) is 0 Å². The molecule has 0 aromatic rings. The average molecular weight is 283 g/mol. The minimum absolute atomic E-state index is 0.0335. The molecule has 1 rings (SSSR count). The van der Waals surface area contributed by atoms with Gasteiger partial charge in [0.05, 0.1) is 18.5 Å². The number of rotatable bonds is 5. The Kier molecular flexibility index (Phi) is 5.74. The molecule has 0 spiro atoms. The van der Waals surface area contributed by atoms with E-state index in [0.717, 1.165) is 12.8 Å². The van der Waals surface area contributed by atoms with Gasteiger partial charge in [0.1, 0.15) is 0 Å². The third-order valence-electron chi connectivity index (χ3n) is 3.08. The first kappa shape index (κ1) is 15.3. The van der Waals surface area contributed by atoms with Crippen molar-refractivity contribution in [1.82, 2.24) is 0 Å². The van der Waals surface area contributed by atoms with Crippen molar-refractivity contribution in [3.05, 3.63) is 0 Å². The van der Waals surface area contributed by atoms with E-state index in [2.05, 4.69) is 0 Å². The van der Waals surface area contributed by atoms with Gasteiger partial charge in [0.15, 0.2) is 0 Å². The van der Waals surface area contributed by atoms with E-state index >= 15 is 0 Å². The quantitative estimate of drug-likeness (QED) is 0.574. The molecular formula is C12H23ClO3S. The largest absolute Gasteiger partial charge is 0.378 e. The van der Waals surface area contributed by atoms with Crippen LogP contribution in [0.3, 0.4) is 0 Å². The molecule has 0 N–H and O–H groups in total. The molecule has 0 aliphatic heterocycles. The molecule has 1 aliphatic rings. The Morgan fingerprint density at radius 2 is 1.71 bits per heavy atom. The standard InChI is InChI=1S/C12H23ClO3S/c1-12(2,10-17(13,14)15)9-16-11-7-5-3-4-6-8-11/h11H,3-10H2,1-2H3. The van der Waals surface area contributed by atoms with Crippen LogP contribution in [0.2, 0.25) is 0 Å². The van der Waals surface area contributed by atoms with Gasteiger partial charge in [0.25, 0.3) is 0 Å². The lowest BCUT2D eigenvalue weighted by atomic mass is 9.98. The second-order valence-corrected chi connectivity index (χ2v) is 8.55. The van der Waals surface area contributed by atoms with Gasteiger partial charge in [-0.2, -0.15) is 0 Å². The summed E-state index contributed by atoms with van der Waals surface area (Å²) >= 11 is 0. The van der Waals surface area contributed by atoms with Crippen molar-refractivity contribution in [2.24, 2.45) is 5.41 Å². The molecule has 0 radical (unpaired) electrons. The molecule has 0 aromatic heterocycles. The van der Waals surface area contributed by atoms with Crippen LogP contribution in [-0.4, -0.2) is 26.9 Å². The highest BCUT2D eigenvalue weighted by Gasteiger charge is 2.26. The molecule has 0 atom stereocenters. The van der Waals surface area contributed by atoms with Crippen molar-refractivity contribution in [3.63, 3.8) is 0 Å². The van der Waals surface area contributed by atoms with E-state index in [-0.39, 0.29) is 5.75 Å². The highest BCUT2D eigenvalue weighted by atomic mass is 35.7. The molecule has 0 saturated heterocycles. The SMILES string of the molecule is CC(C)(COC1CCCCCC1)CS(=O)(=O)Cl. The van der Waals surface area contributed by atoms with Gasteiger partial charge in [-0.15, -0.1) is 0 Å². The number of hydrogen-bond donors (Lipinski definition) is 0. The van der Waals surface area contributed by atoms with Crippen LogP contribution in [0, 0.1) is 5.41 Å². The lowest BCUT2D eigenvalue weighted by Crippen LogP contribution is -2.29. The van der Waals surface area contributed by atoms with Crippen molar-refractivity contribution in [3.8, 4) is 0 Å². The van der Waals surface area contributed by atoms with E-state index in [0.29, 0.717) is 12.7 Å². The first-order valence-electron chi connectivity index (χ1n) is 6.32. The Morgan fingerprint density at radius 3 is 2.18 bits per heavy atom. The third-order valence-corrected chi connectivity index (χ3v) is 4.53. The number of ether oxygens (including phenoxy) is 1. The maximum atomic E-state index is 11.1. The van der Waals surface area contributed by atoms with Crippen LogP contribution >= 0.6 is 10.7 Å². The highest BCUT2D eigenvalue weighted by molar-refractivity contribution is 8.13. The summed E-state index contributed by atoms with van der Waals surface area (Å²) in [4.78, 5) is 0. The van der Waals surface area contributed by atoms with Gasteiger partial charge in [-0.05, 0) is 12.8 Å². The van der Waals surface area contributed by atoms with E-state index in [1.807, 2.05) is 13.8 Å². The summed E-state index contributed by atoms with van der Waals surface area (Å²) < 4.78 is 28.0. The summed E-state index contributed by atoms with van der Waals surface area (Å²) in [6.07, 6.45) is 7.53. The minimum Gasteiger partial charge on any atom is -0.378 e. The monoisotopic (exact) mass is 282 g/mol. The first-order chi connectivity index (χ1) is 7.79. The Morgan fingerprint density at radius 1 is 1.18 bits per heavy atom. The van der Waals surface area contributed by atoms with Gasteiger partial charge in [-0.25, -0.2) is 8.42 Å². The summed E-state index contributed by atoms with van der Waals surface area (Å²) in [6.45, 7) is 4.22. The van der Waals surface area contributed by atoms with Crippen LogP contribution in [0.15, 0.2) is 0 Å². The summed E-state index contributed by atoms with van der Waals surface area (Å²) in [5.41, 5.74) is -0.410. The van der Waals surface area contributed by atoms with Crippen LogP contribution in [0.25, 0.3) is 0 Å². The molecular weight excluding hydrogens is 260 g/mol. The van der Waals surface area contributed by atoms with Crippen LogP contribution < -0.4 is 0 Å². The summed E-state index contributed by atoms with van der Waals surface area (Å²) in [5.74, 6) is -0.0335. The Balaban J connectivity index is 2.37. The number of halogens is 1. The van der Waals surface area contributed by atoms with Gasteiger partial charge >= 0.3 is 0 Å². The predicted molar refractivity (Wildman–Crippen MR) is 70.9 cm³/mol. The van der Waals surface area contributed by atoms with Crippen molar-refractivity contribution in [1.29, 1.82) is 0 Å². The van der Waals surface area contributed by atoms with Crippen molar-refractivity contribution in [2.75, 3.05) is 12.4 Å². The molecule has 3 nitrogen and oxygen atoms in total. The molecule has 0 unspecified atom stereocenters. The molecule has 0 heterocycles. The van der Waals surface area contributed by atoms with Crippen molar-refractivity contribution >= 4 is 19.7 Å². The van der Waals surface area contributed by atoms with E-state index in [1.54, 1.807) is 0 Å². The van der Waals surface area contributed by atoms with E-state index in [4.69, 9.17) is 15.4 Å². The summed E-state index contributed by atoms with van der Waals surface area (Å²) in [6, 6.07) is 0. The molecule has 1 fully saturated rings.